The highest BCUT2D eigenvalue weighted by Crippen LogP contribution is 2.28. The summed E-state index contributed by atoms with van der Waals surface area (Å²) < 4.78 is 2.59. The Labute approximate surface area is 137 Å². The maximum atomic E-state index is 9.62. The van der Waals surface area contributed by atoms with E-state index in [0.717, 1.165) is 11.1 Å². The zero-order valence-corrected chi connectivity index (χ0v) is 12.7. The third-order valence-electron chi connectivity index (χ3n) is 4.02. The molecular formula is C18H15N5O. The van der Waals surface area contributed by atoms with E-state index in [9.17, 15) is 5.21 Å². The summed E-state index contributed by atoms with van der Waals surface area (Å²) in [6.07, 6.45) is 2.89. The zero-order chi connectivity index (χ0) is 16.5. The standard InChI is InChI=1S/C18H15N5O/c19-17-15-18(21-12-23(17)24)22(11-20-15)16(13-7-3-1-4-8-13)14-9-5-2-6-10-14/h1-12,16,19,24H. The Morgan fingerprint density at radius 1 is 0.833 bits per heavy atom. The predicted octanol–water partition coefficient (Wildman–Crippen LogP) is 2.59. The number of hydrogen-bond donors (Lipinski definition) is 2. The number of imidazole rings is 1. The second kappa shape index (κ2) is 5.66. The normalized spacial score (nSPS) is 11.2. The summed E-state index contributed by atoms with van der Waals surface area (Å²) in [5, 5.41) is 17.6. The van der Waals surface area contributed by atoms with Gasteiger partial charge in [0.25, 0.3) is 0 Å². The number of aromatic nitrogens is 4. The lowest BCUT2D eigenvalue weighted by atomic mass is 9.98. The Morgan fingerprint density at radius 3 is 2.00 bits per heavy atom. The van der Waals surface area contributed by atoms with E-state index in [1.165, 1.54) is 6.33 Å². The van der Waals surface area contributed by atoms with Crippen LogP contribution in [0.4, 0.5) is 0 Å². The number of nitrogens with zero attached hydrogens (tertiary/aromatic N) is 4. The zero-order valence-electron chi connectivity index (χ0n) is 12.7. The van der Waals surface area contributed by atoms with E-state index in [4.69, 9.17) is 5.41 Å². The molecule has 0 aliphatic rings. The van der Waals surface area contributed by atoms with E-state index in [1.807, 2.05) is 41.0 Å². The number of hydrogen-bond acceptors (Lipinski definition) is 4. The summed E-state index contributed by atoms with van der Waals surface area (Å²) in [5.74, 6) is 0. The van der Waals surface area contributed by atoms with Gasteiger partial charge in [0.05, 0.1) is 12.4 Å². The van der Waals surface area contributed by atoms with Crippen molar-refractivity contribution in [3.8, 4) is 0 Å². The van der Waals surface area contributed by atoms with Crippen molar-refractivity contribution < 1.29 is 5.21 Å². The maximum Gasteiger partial charge on any atom is 0.192 e. The molecule has 0 spiro atoms. The molecule has 6 heteroatoms. The molecule has 24 heavy (non-hydrogen) atoms. The monoisotopic (exact) mass is 317 g/mol. The largest absolute Gasteiger partial charge is 0.425 e. The molecule has 0 bridgehead atoms. The third kappa shape index (κ3) is 2.25. The lowest BCUT2D eigenvalue weighted by Crippen LogP contribution is -2.19. The first kappa shape index (κ1) is 14.2. The van der Waals surface area contributed by atoms with Crippen LogP contribution in [0.2, 0.25) is 0 Å². The van der Waals surface area contributed by atoms with Crippen LogP contribution < -0.4 is 5.49 Å². The average molecular weight is 317 g/mol. The van der Waals surface area contributed by atoms with Gasteiger partial charge in [0.2, 0.25) is 0 Å². The van der Waals surface area contributed by atoms with Crippen LogP contribution in [0.1, 0.15) is 17.2 Å². The molecule has 2 aromatic carbocycles. The fourth-order valence-corrected chi connectivity index (χ4v) is 2.90. The number of fused-ring (bicyclic) bond motifs is 1. The van der Waals surface area contributed by atoms with Crippen LogP contribution in [-0.4, -0.2) is 24.5 Å². The summed E-state index contributed by atoms with van der Waals surface area (Å²) in [6, 6.07) is 20.1. The first-order valence-electron chi connectivity index (χ1n) is 7.53. The second-order valence-electron chi connectivity index (χ2n) is 5.49. The van der Waals surface area contributed by atoms with Gasteiger partial charge in [0.15, 0.2) is 16.7 Å². The first-order chi connectivity index (χ1) is 11.8. The molecule has 2 heterocycles. The highest BCUT2D eigenvalue weighted by molar-refractivity contribution is 5.69. The molecule has 0 aliphatic carbocycles. The average Bonchev–Trinajstić information content (AvgIpc) is 3.05. The smallest absolute Gasteiger partial charge is 0.192 e. The first-order valence-corrected chi connectivity index (χ1v) is 7.53. The minimum Gasteiger partial charge on any atom is -0.425 e. The van der Waals surface area contributed by atoms with E-state index in [0.29, 0.717) is 15.9 Å². The molecule has 0 saturated carbocycles. The van der Waals surface area contributed by atoms with Crippen molar-refractivity contribution in [2.24, 2.45) is 0 Å². The number of benzene rings is 2. The van der Waals surface area contributed by atoms with Crippen LogP contribution in [0.5, 0.6) is 0 Å². The van der Waals surface area contributed by atoms with Crippen LogP contribution >= 0.6 is 0 Å². The van der Waals surface area contributed by atoms with Gasteiger partial charge in [-0.15, -0.1) is 0 Å². The van der Waals surface area contributed by atoms with Crippen molar-refractivity contribution in [1.29, 1.82) is 5.41 Å². The van der Waals surface area contributed by atoms with Gasteiger partial charge in [0.1, 0.15) is 6.33 Å². The molecule has 6 nitrogen and oxygen atoms in total. The van der Waals surface area contributed by atoms with Crippen molar-refractivity contribution in [3.05, 3.63) is 89.9 Å². The second-order valence-corrected chi connectivity index (χ2v) is 5.49. The quantitative estimate of drug-likeness (QED) is 0.570. The molecule has 2 N–H and O–H groups in total. The van der Waals surface area contributed by atoms with Crippen molar-refractivity contribution >= 4 is 11.2 Å². The number of rotatable bonds is 3. The summed E-state index contributed by atoms with van der Waals surface area (Å²) in [4.78, 5) is 8.55. The van der Waals surface area contributed by atoms with E-state index in [1.54, 1.807) is 6.33 Å². The van der Waals surface area contributed by atoms with Gasteiger partial charge in [-0.25, -0.2) is 9.97 Å². The summed E-state index contributed by atoms with van der Waals surface area (Å²) in [5.41, 5.74) is 3.02. The highest BCUT2D eigenvalue weighted by atomic mass is 16.5. The fraction of sp³-hybridized carbons (Fsp3) is 0.0556. The molecule has 2 aromatic heterocycles. The molecular weight excluding hydrogens is 302 g/mol. The van der Waals surface area contributed by atoms with E-state index in [2.05, 4.69) is 34.2 Å². The molecule has 0 aliphatic heterocycles. The van der Waals surface area contributed by atoms with Crippen LogP contribution in [0.3, 0.4) is 0 Å². The Hall–Kier alpha value is -3.41. The summed E-state index contributed by atoms with van der Waals surface area (Å²) in [6.45, 7) is 0. The molecule has 0 radical (unpaired) electrons. The van der Waals surface area contributed by atoms with Gasteiger partial charge >= 0.3 is 0 Å². The van der Waals surface area contributed by atoms with Crippen LogP contribution in [0.15, 0.2) is 73.3 Å². The van der Waals surface area contributed by atoms with E-state index >= 15 is 0 Å². The van der Waals surface area contributed by atoms with Gasteiger partial charge < -0.3 is 9.77 Å². The lowest BCUT2D eigenvalue weighted by molar-refractivity contribution is 0.168. The van der Waals surface area contributed by atoms with Gasteiger partial charge in [-0.1, -0.05) is 60.7 Å². The molecule has 118 valence electrons. The fourth-order valence-electron chi connectivity index (χ4n) is 2.90. The van der Waals surface area contributed by atoms with Gasteiger partial charge in [-0.2, -0.15) is 4.73 Å². The van der Waals surface area contributed by atoms with E-state index in [-0.39, 0.29) is 11.5 Å². The maximum absolute atomic E-state index is 9.62. The minimum absolute atomic E-state index is 0.0846. The topological polar surface area (TPSA) is 79.7 Å². The predicted molar refractivity (Wildman–Crippen MR) is 88.7 cm³/mol. The molecule has 0 saturated heterocycles. The highest BCUT2D eigenvalue weighted by Gasteiger charge is 2.20. The minimum atomic E-state index is -0.112. The van der Waals surface area contributed by atoms with Crippen LogP contribution in [0, 0.1) is 5.41 Å². The molecule has 4 aromatic rings. The summed E-state index contributed by atoms with van der Waals surface area (Å²) in [7, 11) is 0. The van der Waals surface area contributed by atoms with Crippen LogP contribution in [0.25, 0.3) is 11.2 Å². The third-order valence-corrected chi connectivity index (χ3v) is 4.02. The van der Waals surface area contributed by atoms with E-state index < -0.39 is 0 Å². The van der Waals surface area contributed by atoms with Crippen molar-refractivity contribution in [1.82, 2.24) is 19.3 Å². The molecule has 0 unspecified atom stereocenters. The van der Waals surface area contributed by atoms with Crippen molar-refractivity contribution in [3.63, 3.8) is 0 Å². The van der Waals surface area contributed by atoms with Crippen molar-refractivity contribution in [2.45, 2.75) is 6.04 Å². The molecule has 4 rings (SSSR count). The lowest BCUT2D eigenvalue weighted by Gasteiger charge is -2.20. The van der Waals surface area contributed by atoms with Gasteiger partial charge in [0, 0.05) is 0 Å². The van der Waals surface area contributed by atoms with Gasteiger partial charge in [-0.05, 0) is 11.1 Å². The Bertz CT molecular complexity index is 998. The Balaban J connectivity index is 1.98. The summed E-state index contributed by atoms with van der Waals surface area (Å²) >= 11 is 0. The van der Waals surface area contributed by atoms with Gasteiger partial charge in [-0.3, -0.25) is 5.41 Å². The molecule has 0 amide bonds. The molecule has 0 atom stereocenters. The molecule has 0 fully saturated rings. The van der Waals surface area contributed by atoms with Crippen molar-refractivity contribution in [2.75, 3.05) is 0 Å². The Kier molecular flexibility index (Phi) is 3.35. The number of nitrogens with one attached hydrogen (secondary N) is 1. The van der Waals surface area contributed by atoms with Crippen LogP contribution in [-0.2, 0) is 0 Å². The Morgan fingerprint density at radius 2 is 1.42 bits per heavy atom. The SMILES string of the molecule is N=c1c2ncn(C(c3ccccc3)c3ccccc3)c2ncn1O.